The number of fused-ring (bicyclic) bond motifs is 1. The number of nitrogens with one attached hydrogen (secondary N) is 1. The minimum absolute atomic E-state index is 0.00266. The topological polar surface area (TPSA) is 79.7 Å². The van der Waals surface area contributed by atoms with Gasteiger partial charge in [0.2, 0.25) is 0 Å². The number of imidazole rings is 1. The maximum absolute atomic E-state index is 13.7. The molecule has 7 nitrogen and oxygen atoms in total. The number of hydrogen-bond donors (Lipinski definition) is 1. The average molecular weight is 541 g/mol. The summed E-state index contributed by atoms with van der Waals surface area (Å²) in [5, 5.41) is 7.30. The first-order chi connectivity index (χ1) is 17.3. The Morgan fingerprint density at radius 3 is 2.41 bits per heavy atom. The molecule has 3 heterocycles. The molecule has 1 atom stereocenters. The summed E-state index contributed by atoms with van der Waals surface area (Å²) in [7, 11) is 0. The molecule has 37 heavy (non-hydrogen) atoms. The van der Waals surface area contributed by atoms with Crippen molar-refractivity contribution in [3.8, 4) is 5.69 Å². The van der Waals surface area contributed by atoms with Crippen LogP contribution in [0.2, 0.25) is 5.02 Å². The van der Waals surface area contributed by atoms with Gasteiger partial charge in [-0.1, -0.05) is 23.8 Å². The first-order valence-electron chi connectivity index (χ1n) is 10.6. The summed E-state index contributed by atoms with van der Waals surface area (Å²) >= 11 is 5.80. The van der Waals surface area contributed by atoms with Crippen molar-refractivity contribution < 1.29 is 31.1 Å². The van der Waals surface area contributed by atoms with Crippen LogP contribution in [-0.4, -0.2) is 42.3 Å². The Balaban J connectivity index is 1.58. The third kappa shape index (κ3) is 4.54. The van der Waals surface area contributed by atoms with Crippen molar-refractivity contribution in [2.24, 2.45) is 0 Å². The Kier molecular flexibility index (Phi) is 5.77. The highest BCUT2D eigenvalue weighted by atomic mass is 35.5. The molecule has 5 rings (SSSR count). The van der Waals surface area contributed by atoms with E-state index in [0.717, 1.165) is 29.1 Å². The van der Waals surface area contributed by atoms with Gasteiger partial charge in [-0.3, -0.25) is 4.79 Å². The number of likely N-dealkylation sites (tertiary alicyclic amines) is 1. The van der Waals surface area contributed by atoms with Gasteiger partial charge in [-0.05, 0) is 36.8 Å². The molecule has 0 bridgehead atoms. The van der Waals surface area contributed by atoms with Crippen molar-refractivity contribution in [2.45, 2.75) is 24.8 Å². The third-order valence-electron chi connectivity index (χ3n) is 5.91. The minimum Gasteiger partial charge on any atom is -0.340 e. The Labute approximate surface area is 209 Å². The van der Waals surface area contributed by atoms with Gasteiger partial charge in [0.05, 0.1) is 56.9 Å². The molecule has 0 saturated carbocycles. The molecule has 14 heteroatoms. The fraction of sp³-hybridized carbons (Fsp3) is 0.217. The van der Waals surface area contributed by atoms with Gasteiger partial charge in [0, 0.05) is 6.54 Å². The summed E-state index contributed by atoms with van der Waals surface area (Å²) in [5.74, 6) is -0.639. The zero-order valence-electron chi connectivity index (χ0n) is 18.5. The van der Waals surface area contributed by atoms with Crippen LogP contribution in [0.15, 0.2) is 54.9 Å². The van der Waals surface area contributed by atoms with Crippen molar-refractivity contribution in [1.82, 2.24) is 29.9 Å². The number of nitrogens with zero attached hydrogens (tertiary/aromatic N) is 5. The molecule has 0 spiro atoms. The fourth-order valence-electron chi connectivity index (χ4n) is 4.24. The molecule has 1 unspecified atom stereocenters. The molecule has 2 aromatic heterocycles. The maximum atomic E-state index is 13.7. The summed E-state index contributed by atoms with van der Waals surface area (Å²) < 4.78 is 80.3. The van der Waals surface area contributed by atoms with Gasteiger partial charge >= 0.3 is 12.4 Å². The van der Waals surface area contributed by atoms with E-state index in [1.165, 1.54) is 17.3 Å². The largest absolute Gasteiger partial charge is 0.417 e. The Morgan fingerprint density at radius 1 is 1.05 bits per heavy atom. The summed E-state index contributed by atoms with van der Waals surface area (Å²) in [6.07, 6.45) is -6.60. The number of benzene rings is 2. The van der Waals surface area contributed by atoms with E-state index in [1.807, 2.05) is 0 Å². The van der Waals surface area contributed by atoms with E-state index < -0.39 is 40.5 Å². The number of carbonyl (C=O) groups is 1. The second-order valence-electron chi connectivity index (χ2n) is 8.42. The Morgan fingerprint density at radius 2 is 1.76 bits per heavy atom. The number of amides is 1. The lowest BCUT2D eigenvalue weighted by Crippen LogP contribution is -2.32. The normalized spacial score (nSPS) is 16.7. The summed E-state index contributed by atoms with van der Waals surface area (Å²) in [4.78, 5) is 23.1. The van der Waals surface area contributed by atoms with Crippen LogP contribution in [0.3, 0.4) is 0 Å². The smallest absolute Gasteiger partial charge is 0.340 e. The van der Waals surface area contributed by atoms with E-state index in [4.69, 9.17) is 11.6 Å². The number of alkyl halides is 6. The zero-order chi connectivity index (χ0) is 26.7. The van der Waals surface area contributed by atoms with Gasteiger partial charge in [0.25, 0.3) is 5.91 Å². The summed E-state index contributed by atoms with van der Waals surface area (Å²) in [5.41, 5.74) is -1.64. The number of aromatic nitrogens is 5. The zero-order valence-corrected chi connectivity index (χ0v) is 19.3. The highest BCUT2D eigenvalue weighted by molar-refractivity contribution is 6.32. The van der Waals surface area contributed by atoms with E-state index in [9.17, 15) is 31.1 Å². The van der Waals surface area contributed by atoms with Gasteiger partial charge in [0.15, 0.2) is 0 Å². The summed E-state index contributed by atoms with van der Waals surface area (Å²) in [6.45, 7) is 3.88. The third-order valence-corrected chi connectivity index (χ3v) is 6.22. The molecule has 1 saturated heterocycles. The molecule has 192 valence electrons. The lowest BCUT2D eigenvalue weighted by molar-refractivity contribution is -0.138. The number of H-pyrrole nitrogens is 1. The monoisotopic (exact) mass is 540 g/mol. The molecular formula is C23H15ClF6N6O. The highest BCUT2D eigenvalue weighted by Gasteiger charge is 2.39. The van der Waals surface area contributed by atoms with Gasteiger partial charge in [-0.25, -0.2) is 4.98 Å². The van der Waals surface area contributed by atoms with Crippen LogP contribution in [0.25, 0.3) is 16.7 Å². The molecule has 1 amide bonds. The van der Waals surface area contributed by atoms with E-state index in [0.29, 0.717) is 11.6 Å². The molecule has 1 aliphatic rings. The first-order valence-corrected chi connectivity index (χ1v) is 11.0. The Bertz CT molecular complexity index is 1530. The van der Waals surface area contributed by atoms with Gasteiger partial charge in [-0.2, -0.15) is 41.3 Å². The maximum Gasteiger partial charge on any atom is 0.417 e. The SMILES string of the molecule is C=C1CC(c2nc3cc(Cl)c(C(F)(F)F)cc3[nH]2)N(C(=O)c2cc(C(F)(F)F)ccc2-n2nccn2)C1. The second-order valence-corrected chi connectivity index (χ2v) is 8.83. The van der Waals surface area contributed by atoms with E-state index in [1.54, 1.807) is 0 Å². The predicted octanol–water partition coefficient (Wildman–Crippen LogP) is 5.98. The number of aromatic amines is 1. The van der Waals surface area contributed by atoms with Crippen LogP contribution < -0.4 is 0 Å². The van der Waals surface area contributed by atoms with E-state index in [2.05, 4.69) is 26.7 Å². The van der Waals surface area contributed by atoms with Gasteiger partial charge in [-0.15, -0.1) is 0 Å². The lowest BCUT2D eigenvalue weighted by atomic mass is 10.1. The Hall–Kier alpha value is -3.87. The van der Waals surface area contributed by atoms with Crippen LogP contribution in [0.4, 0.5) is 26.3 Å². The molecule has 0 radical (unpaired) electrons. The summed E-state index contributed by atoms with van der Waals surface area (Å²) in [6, 6.07) is 3.68. The highest BCUT2D eigenvalue weighted by Crippen LogP contribution is 2.40. The van der Waals surface area contributed by atoms with Crippen molar-refractivity contribution >= 4 is 28.5 Å². The van der Waals surface area contributed by atoms with E-state index in [-0.39, 0.29) is 41.1 Å². The predicted molar refractivity (Wildman–Crippen MR) is 120 cm³/mol. The van der Waals surface area contributed by atoms with Crippen molar-refractivity contribution in [3.05, 3.63) is 82.4 Å². The fourth-order valence-corrected chi connectivity index (χ4v) is 4.50. The van der Waals surface area contributed by atoms with Crippen LogP contribution >= 0.6 is 11.6 Å². The number of rotatable bonds is 3. The quantitative estimate of drug-likeness (QED) is 0.256. The first kappa shape index (κ1) is 24.8. The van der Waals surface area contributed by atoms with Crippen molar-refractivity contribution in [2.75, 3.05) is 6.54 Å². The van der Waals surface area contributed by atoms with E-state index >= 15 is 0 Å². The van der Waals surface area contributed by atoms with Crippen LogP contribution in [-0.2, 0) is 12.4 Å². The second kappa shape index (κ2) is 8.61. The average Bonchev–Trinajstić information content (AvgIpc) is 3.55. The van der Waals surface area contributed by atoms with Crippen LogP contribution in [0.1, 0.15) is 39.8 Å². The molecule has 1 fully saturated rings. The molecular weight excluding hydrogens is 526 g/mol. The minimum atomic E-state index is -4.71. The molecule has 0 aliphatic carbocycles. The van der Waals surface area contributed by atoms with Gasteiger partial charge < -0.3 is 9.88 Å². The molecule has 4 aromatic rings. The standard InChI is InChI=1S/C23H15ClF6N6O/c1-11-6-19(20-33-16-8-14(23(28,29)30)15(24)9-17(16)34-20)35(10-11)21(37)13-7-12(22(25,26)27)2-3-18(13)36-31-4-5-32-36/h2-5,7-9,19H,1,6,10H2,(H,33,34). The van der Waals surface area contributed by atoms with Crippen LogP contribution in [0.5, 0.6) is 0 Å². The number of halogens is 7. The number of carbonyl (C=O) groups excluding carboxylic acids is 1. The molecule has 1 N–H and O–H groups in total. The molecule has 1 aliphatic heterocycles. The van der Waals surface area contributed by atoms with Crippen molar-refractivity contribution in [1.29, 1.82) is 0 Å². The van der Waals surface area contributed by atoms with Crippen molar-refractivity contribution in [3.63, 3.8) is 0 Å². The van der Waals surface area contributed by atoms with Gasteiger partial charge in [0.1, 0.15) is 5.82 Å². The lowest BCUT2D eigenvalue weighted by Gasteiger charge is -2.24. The van der Waals surface area contributed by atoms with Crippen LogP contribution in [0, 0.1) is 0 Å². The number of hydrogen-bond acceptors (Lipinski definition) is 4. The molecule has 2 aromatic carbocycles.